The van der Waals surface area contributed by atoms with Gasteiger partial charge in [0.15, 0.2) is 0 Å². The Kier molecular flexibility index (Phi) is 7.19. The van der Waals surface area contributed by atoms with Crippen LogP contribution in [0.5, 0.6) is 5.75 Å². The molecule has 0 heterocycles. The van der Waals surface area contributed by atoms with Gasteiger partial charge in [0.05, 0.1) is 13.2 Å². The summed E-state index contributed by atoms with van der Waals surface area (Å²) in [4.78, 5) is 11.2. The van der Waals surface area contributed by atoms with Crippen molar-refractivity contribution >= 4 is 5.97 Å². The molecule has 0 aromatic heterocycles. The second kappa shape index (κ2) is 8.64. The average molecular weight is 295 g/mol. The summed E-state index contributed by atoms with van der Waals surface area (Å²) in [6.45, 7) is 4.78. The molecule has 0 amide bonds. The summed E-state index contributed by atoms with van der Waals surface area (Å²) in [6.07, 6.45) is 2.13. The zero-order valence-electron chi connectivity index (χ0n) is 12.8. The summed E-state index contributed by atoms with van der Waals surface area (Å²) in [7, 11) is 0. The lowest BCUT2D eigenvalue weighted by Crippen LogP contribution is -2.49. The number of ether oxygens (including phenoxy) is 1. The molecule has 0 aliphatic rings. The SMILES string of the molecule is CCNC(C)(CCCCOc1cccc(CO)c1)C(=O)O. The predicted octanol–water partition coefficient (Wildman–Crippen LogP) is 2.18. The third kappa shape index (κ3) is 5.73. The molecule has 3 N–H and O–H groups in total. The number of aliphatic hydroxyl groups excluding tert-OH is 1. The van der Waals surface area contributed by atoms with Crippen molar-refractivity contribution in [2.24, 2.45) is 0 Å². The molecule has 1 rings (SSSR count). The minimum absolute atomic E-state index is 0.00312. The van der Waals surface area contributed by atoms with Gasteiger partial charge in [-0.05, 0) is 50.4 Å². The first kappa shape index (κ1) is 17.5. The zero-order valence-corrected chi connectivity index (χ0v) is 12.8. The smallest absolute Gasteiger partial charge is 0.323 e. The fourth-order valence-corrected chi connectivity index (χ4v) is 2.17. The van der Waals surface area contributed by atoms with E-state index in [-0.39, 0.29) is 6.61 Å². The molecule has 5 nitrogen and oxygen atoms in total. The van der Waals surface area contributed by atoms with E-state index in [0.29, 0.717) is 19.6 Å². The minimum atomic E-state index is -0.869. The highest BCUT2D eigenvalue weighted by atomic mass is 16.5. The van der Waals surface area contributed by atoms with Crippen molar-refractivity contribution in [3.8, 4) is 5.75 Å². The Morgan fingerprint density at radius 1 is 1.38 bits per heavy atom. The first-order valence-corrected chi connectivity index (χ1v) is 7.33. The highest BCUT2D eigenvalue weighted by Crippen LogP contribution is 2.16. The Balaban J connectivity index is 2.32. The van der Waals surface area contributed by atoms with Crippen LogP contribution in [0.2, 0.25) is 0 Å². The van der Waals surface area contributed by atoms with E-state index in [1.807, 2.05) is 25.1 Å². The number of hydrogen-bond donors (Lipinski definition) is 3. The van der Waals surface area contributed by atoms with Gasteiger partial charge in [0.25, 0.3) is 0 Å². The van der Waals surface area contributed by atoms with Crippen LogP contribution >= 0.6 is 0 Å². The Morgan fingerprint density at radius 2 is 2.14 bits per heavy atom. The fraction of sp³-hybridized carbons (Fsp3) is 0.562. The van der Waals surface area contributed by atoms with Gasteiger partial charge in [-0.1, -0.05) is 19.1 Å². The maximum absolute atomic E-state index is 11.2. The van der Waals surface area contributed by atoms with E-state index in [2.05, 4.69) is 5.32 Å². The van der Waals surface area contributed by atoms with Gasteiger partial charge < -0.3 is 20.3 Å². The van der Waals surface area contributed by atoms with E-state index in [0.717, 1.165) is 24.2 Å². The normalized spacial score (nSPS) is 13.7. The topological polar surface area (TPSA) is 78.8 Å². The lowest BCUT2D eigenvalue weighted by Gasteiger charge is -2.25. The third-order valence-electron chi connectivity index (χ3n) is 3.46. The number of aliphatic carboxylic acids is 1. The van der Waals surface area contributed by atoms with Crippen LogP contribution in [0, 0.1) is 0 Å². The summed E-state index contributed by atoms with van der Waals surface area (Å²) in [5.74, 6) is -0.0878. The number of carbonyl (C=O) groups is 1. The van der Waals surface area contributed by atoms with Gasteiger partial charge in [-0.2, -0.15) is 0 Å². The number of hydrogen-bond acceptors (Lipinski definition) is 4. The molecule has 0 aliphatic heterocycles. The lowest BCUT2D eigenvalue weighted by atomic mass is 9.95. The maximum atomic E-state index is 11.2. The van der Waals surface area contributed by atoms with Gasteiger partial charge in [0, 0.05) is 0 Å². The van der Waals surface area contributed by atoms with Crippen molar-refractivity contribution in [1.82, 2.24) is 5.32 Å². The first-order valence-electron chi connectivity index (χ1n) is 7.33. The largest absolute Gasteiger partial charge is 0.494 e. The second-order valence-electron chi connectivity index (χ2n) is 5.28. The molecule has 0 bridgehead atoms. The summed E-state index contributed by atoms with van der Waals surface area (Å²) in [5.41, 5.74) is -0.0518. The zero-order chi connectivity index (χ0) is 15.7. The van der Waals surface area contributed by atoms with E-state index in [9.17, 15) is 9.90 Å². The number of carboxylic acid groups (broad SMARTS) is 1. The van der Waals surface area contributed by atoms with E-state index >= 15 is 0 Å². The number of nitrogens with one attached hydrogen (secondary N) is 1. The molecule has 0 radical (unpaired) electrons. The third-order valence-corrected chi connectivity index (χ3v) is 3.46. The Labute approximate surface area is 125 Å². The molecule has 0 aliphatic carbocycles. The van der Waals surface area contributed by atoms with Crippen LogP contribution in [-0.4, -0.2) is 34.9 Å². The molecule has 0 fully saturated rings. The van der Waals surface area contributed by atoms with Gasteiger partial charge in [-0.25, -0.2) is 0 Å². The molecule has 1 aromatic rings. The number of aliphatic hydroxyl groups is 1. The van der Waals surface area contributed by atoms with Crippen LogP contribution in [0.25, 0.3) is 0 Å². The molecule has 0 saturated carbocycles. The van der Waals surface area contributed by atoms with Gasteiger partial charge >= 0.3 is 5.97 Å². The highest BCUT2D eigenvalue weighted by molar-refractivity contribution is 5.78. The molecule has 1 unspecified atom stereocenters. The van der Waals surface area contributed by atoms with Crippen LogP contribution in [-0.2, 0) is 11.4 Å². The number of rotatable bonds is 10. The Bertz CT molecular complexity index is 450. The highest BCUT2D eigenvalue weighted by Gasteiger charge is 2.30. The van der Waals surface area contributed by atoms with Crippen molar-refractivity contribution in [2.75, 3.05) is 13.2 Å². The summed E-state index contributed by atoms with van der Waals surface area (Å²) in [6, 6.07) is 7.33. The maximum Gasteiger partial charge on any atom is 0.323 e. The summed E-state index contributed by atoms with van der Waals surface area (Å²) < 4.78 is 5.60. The van der Waals surface area contributed by atoms with Gasteiger partial charge in [-0.3, -0.25) is 4.79 Å². The average Bonchev–Trinajstić information content (AvgIpc) is 2.47. The van der Waals surface area contributed by atoms with Crippen molar-refractivity contribution < 1.29 is 19.7 Å². The summed E-state index contributed by atoms with van der Waals surface area (Å²) in [5, 5.41) is 21.3. The van der Waals surface area contributed by atoms with E-state index in [4.69, 9.17) is 9.84 Å². The van der Waals surface area contributed by atoms with Crippen molar-refractivity contribution in [3.63, 3.8) is 0 Å². The molecule has 5 heteroatoms. The number of likely N-dealkylation sites (N-methyl/N-ethyl adjacent to an activating group) is 1. The summed E-state index contributed by atoms with van der Waals surface area (Å²) >= 11 is 0. The number of carboxylic acids is 1. The lowest BCUT2D eigenvalue weighted by molar-refractivity contribution is -0.144. The second-order valence-corrected chi connectivity index (χ2v) is 5.28. The number of benzene rings is 1. The predicted molar refractivity (Wildman–Crippen MR) is 81.4 cm³/mol. The van der Waals surface area contributed by atoms with Crippen molar-refractivity contribution in [2.45, 2.75) is 45.3 Å². The van der Waals surface area contributed by atoms with Crippen molar-refractivity contribution in [1.29, 1.82) is 0 Å². The number of unbranched alkanes of at least 4 members (excludes halogenated alkanes) is 1. The van der Waals surface area contributed by atoms with Crippen LogP contribution in [0.15, 0.2) is 24.3 Å². The molecule has 0 saturated heterocycles. The van der Waals surface area contributed by atoms with Crippen molar-refractivity contribution in [3.05, 3.63) is 29.8 Å². The van der Waals surface area contributed by atoms with Crippen LogP contribution in [0.3, 0.4) is 0 Å². The van der Waals surface area contributed by atoms with E-state index in [1.54, 1.807) is 13.0 Å². The molecule has 0 spiro atoms. The molecular weight excluding hydrogens is 270 g/mol. The molecule has 1 atom stereocenters. The monoisotopic (exact) mass is 295 g/mol. The molecular formula is C16H25NO4. The quantitative estimate of drug-likeness (QED) is 0.577. The molecule has 118 valence electrons. The molecule has 21 heavy (non-hydrogen) atoms. The van der Waals surface area contributed by atoms with Crippen LogP contribution < -0.4 is 10.1 Å². The standard InChI is InChI=1S/C16H25NO4/c1-3-17-16(2,15(19)20)9-4-5-10-21-14-8-6-7-13(11-14)12-18/h6-8,11,17-18H,3-5,9-10,12H2,1-2H3,(H,19,20). The van der Waals surface area contributed by atoms with E-state index in [1.165, 1.54) is 0 Å². The van der Waals surface area contributed by atoms with Crippen LogP contribution in [0.1, 0.15) is 38.7 Å². The Morgan fingerprint density at radius 3 is 2.76 bits per heavy atom. The van der Waals surface area contributed by atoms with Gasteiger partial charge in [0.2, 0.25) is 0 Å². The molecule has 1 aromatic carbocycles. The Hall–Kier alpha value is -1.59. The fourth-order valence-electron chi connectivity index (χ4n) is 2.17. The first-order chi connectivity index (χ1) is 10.0. The minimum Gasteiger partial charge on any atom is -0.494 e. The van der Waals surface area contributed by atoms with Crippen LogP contribution in [0.4, 0.5) is 0 Å². The van der Waals surface area contributed by atoms with E-state index < -0.39 is 11.5 Å². The van der Waals surface area contributed by atoms with Gasteiger partial charge in [0.1, 0.15) is 11.3 Å². The van der Waals surface area contributed by atoms with Gasteiger partial charge in [-0.15, -0.1) is 0 Å².